The second kappa shape index (κ2) is 5.12. The van der Waals surface area contributed by atoms with E-state index in [2.05, 4.69) is 11.6 Å². The molecule has 0 aromatic carbocycles. The van der Waals surface area contributed by atoms with Crippen LogP contribution in [0.1, 0.15) is 53.9 Å². The number of sulfonamides is 1. The van der Waals surface area contributed by atoms with E-state index in [1.54, 1.807) is 13.8 Å². The van der Waals surface area contributed by atoms with E-state index in [0.29, 0.717) is 0 Å². The highest BCUT2D eigenvalue weighted by Gasteiger charge is 2.26. The van der Waals surface area contributed by atoms with Crippen LogP contribution >= 0.6 is 0 Å². The number of hydrogen-bond acceptors (Lipinski definition) is 2. The zero-order chi connectivity index (χ0) is 11.4. The molecule has 0 aliphatic heterocycles. The Labute approximate surface area is 88.3 Å². The predicted molar refractivity (Wildman–Crippen MR) is 60.8 cm³/mol. The molecule has 0 atom stereocenters. The molecule has 0 saturated heterocycles. The van der Waals surface area contributed by atoms with Gasteiger partial charge in [-0.2, -0.15) is 0 Å². The largest absolute Gasteiger partial charge is 0.214 e. The van der Waals surface area contributed by atoms with E-state index >= 15 is 0 Å². The van der Waals surface area contributed by atoms with E-state index < -0.39 is 10.0 Å². The first-order valence-electron chi connectivity index (χ1n) is 5.24. The second-order valence-corrected chi connectivity index (χ2v) is 6.92. The average molecular weight is 221 g/mol. The van der Waals surface area contributed by atoms with Crippen LogP contribution in [-0.2, 0) is 10.0 Å². The first kappa shape index (κ1) is 13.9. The van der Waals surface area contributed by atoms with E-state index in [1.165, 1.54) is 0 Å². The fourth-order valence-corrected chi connectivity index (χ4v) is 2.28. The van der Waals surface area contributed by atoms with Crippen molar-refractivity contribution in [1.82, 2.24) is 4.72 Å². The average Bonchev–Trinajstić information content (AvgIpc) is 1.99. The standard InChI is InChI=1S/C10H23NO2S/c1-6-7-8-10(4,5)11-14(12,13)9(2)3/h9,11H,6-8H2,1-5H3. The minimum atomic E-state index is -3.14. The second-order valence-electron chi connectivity index (χ2n) is 4.68. The number of hydrogen-bond donors (Lipinski definition) is 1. The molecular weight excluding hydrogens is 198 g/mol. The van der Waals surface area contributed by atoms with Gasteiger partial charge in [0.2, 0.25) is 10.0 Å². The molecule has 0 aliphatic carbocycles. The van der Waals surface area contributed by atoms with Crippen LogP contribution in [0.2, 0.25) is 0 Å². The molecule has 0 aromatic heterocycles. The molecule has 14 heavy (non-hydrogen) atoms. The molecule has 86 valence electrons. The first-order chi connectivity index (χ1) is 6.21. The van der Waals surface area contributed by atoms with Crippen LogP contribution in [0.3, 0.4) is 0 Å². The minimum Gasteiger partial charge on any atom is -0.212 e. The Morgan fingerprint density at radius 1 is 1.29 bits per heavy atom. The van der Waals surface area contributed by atoms with Crippen molar-refractivity contribution in [3.05, 3.63) is 0 Å². The molecule has 0 heterocycles. The molecule has 0 saturated carbocycles. The van der Waals surface area contributed by atoms with Gasteiger partial charge < -0.3 is 0 Å². The number of unbranched alkanes of at least 4 members (excludes halogenated alkanes) is 1. The highest BCUT2D eigenvalue weighted by Crippen LogP contribution is 2.15. The molecule has 1 N–H and O–H groups in total. The first-order valence-corrected chi connectivity index (χ1v) is 6.78. The van der Waals surface area contributed by atoms with Crippen molar-refractivity contribution in [2.24, 2.45) is 0 Å². The lowest BCUT2D eigenvalue weighted by molar-refractivity contribution is 0.406. The van der Waals surface area contributed by atoms with Crippen molar-refractivity contribution < 1.29 is 8.42 Å². The molecule has 0 radical (unpaired) electrons. The maximum absolute atomic E-state index is 11.6. The van der Waals surface area contributed by atoms with E-state index in [0.717, 1.165) is 19.3 Å². The fourth-order valence-electron chi connectivity index (χ4n) is 1.17. The third-order valence-corrected chi connectivity index (χ3v) is 4.27. The summed E-state index contributed by atoms with van der Waals surface area (Å²) in [5.41, 5.74) is -0.320. The molecule has 4 heteroatoms. The van der Waals surface area contributed by atoms with Crippen LogP contribution in [0.25, 0.3) is 0 Å². The molecule has 0 rings (SSSR count). The van der Waals surface area contributed by atoms with Crippen LogP contribution in [0.15, 0.2) is 0 Å². The predicted octanol–water partition coefficient (Wildman–Crippen LogP) is 2.28. The van der Waals surface area contributed by atoms with Gasteiger partial charge in [-0.1, -0.05) is 19.8 Å². The maximum Gasteiger partial charge on any atom is 0.214 e. The quantitative estimate of drug-likeness (QED) is 0.748. The maximum atomic E-state index is 11.6. The monoisotopic (exact) mass is 221 g/mol. The Morgan fingerprint density at radius 3 is 2.14 bits per heavy atom. The molecular formula is C10H23NO2S. The normalized spacial score (nSPS) is 13.6. The Hall–Kier alpha value is -0.0900. The summed E-state index contributed by atoms with van der Waals surface area (Å²) in [6.45, 7) is 9.36. The molecule has 0 amide bonds. The smallest absolute Gasteiger partial charge is 0.212 e. The van der Waals surface area contributed by atoms with Crippen molar-refractivity contribution in [2.75, 3.05) is 0 Å². The summed E-state index contributed by atoms with van der Waals surface area (Å²) in [4.78, 5) is 0. The Kier molecular flexibility index (Phi) is 5.09. The zero-order valence-corrected chi connectivity index (χ0v) is 10.7. The summed E-state index contributed by atoms with van der Waals surface area (Å²) in [5.74, 6) is 0. The Balaban J connectivity index is 4.35. The lowest BCUT2D eigenvalue weighted by Crippen LogP contribution is -2.46. The molecule has 0 aromatic rings. The van der Waals surface area contributed by atoms with Gasteiger partial charge in [-0.05, 0) is 34.1 Å². The molecule has 0 bridgehead atoms. The van der Waals surface area contributed by atoms with Gasteiger partial charge in [0.15, 0.2) is 0 Å². The molecule has 0 aliphatic rings. The van der Waals surface area contributed by atoms with Crippen LogP contribution in [-0.4, -0.2) is 19.2 Å². The van der Waals surface area contributed by atoms with Gasteiger partial charge in [0, 0.05) is 5.54 Å². The van der Waals surface area contributed by atoms with E-state index in [4.69, 9.17) is 0 Å². The van der Waals surface area contributed by atoms with Gasteiger partial charge >= 0.3 is 0 Å². The van der Waals surface area contributed by atoms with Crippen molar-refractivity contribution in [2.45, 2.75) is 64.7 Å². The molecule has 3 nitrogen and oxygen atoms in total. The van der Waals surface area contributed by atoms with Crippen molar-refractivity contribution in [3.8, 4) is 0 Å². The summed E-state index contributed by atoms with van der Waals surface area (Å²) < 4.78 is 25.9. The summed E-state index contributed by atoms with van der Waals surface area (Å²) in [6, 6.07) is 0. The summed E-state index contributed by atoms with van der Waals surface area (Å²) in [5, 5.41) is -0.358. The van der Waals surface area contributed by atoms with Gasteiger partial charge in [0.25, 0.3) is 0 Å². The van der Waals surface area contributed by atoms with Crippen molar-refractivity contribution in [3.63, 3.8) is 0 Å². The van der Waals surface area contributed by atoms with E-state index in [9.17, 15) is 8.42 Å². The minimum absolute atomic E-state index is 0.320. The molecule has 0 spiro atoms. The Bertz CT molecular complexity index is 255. The molecule has 0 unspecified atom stereocenters. The van der Waals surface area contributed by atoms with Gasteiger partial charge in [0.1, 0.15) is 0 Å². The van der Waals surface area contributed by atoms with Crippen molar-refractivity contribution in [1.29, 1.82) is 0 Å². The Morgan fingerprint density at radius 2 is 1.79 bits per heavy atom. The summed E-state index contributed by atoms with van der Waals surface area (Å²) in [7, 11) is -3.14. The lowest BCUT2D eigenvalue weighted by atomic mass is 9.99. The third-order valence-electron chi connectivity index (χ3n) is 2.19. The summed E-state index contributed by atoms with van der Waals surface area (Å²) >= 11 is 0. The number of nitrogens with one attached hydrogen (secondary N) is 1. The van der Waals surface area contributed by atoms with Crippen LogP contribution in [0.5, 0.6) is 0 Å². The number of rotatable bonds is 6. The van der Waals surface area contributed by atoms with E-state index in [1.807, 2.05) is 13.8 Å². The van der Waals surface area contributed by atoms with Gasteiger partial charge in [-0.25, -0.2) is 13.1 Å². The van der Waals surface area contributed by atoms with Gasteiger partial charge in [-0.15, -0.1) is 0 Å². The zero-order valence-electron chi connectivity index (χ0n) is 9.92. The van der Waals surface area contributed by atoms with Crippen LogP contribution in [0.4, 0.5) is 0 Å². The highest BCUT2D eigenvalue weighted by molar-refractivity contribution is 7.90. The SMILES string of the molecule is CCCCC(C)(C)NS(=O)(=O)C(C)C. The summed E-state index contributed by atoms with van der Waals surface area (Å²) in [6.07, 6.45) is 3.02. The topological polar surface area (TPSA) is 46.2 Å². The van der Waals surface area contributed by atoms with Crippen molar-refractivity contribution >= 4 is 10.0 Å². The van der Waals surface area contributed by atoms with Gasteiger partial charge in [0.05, 0.1) is 5.25 Å². The third kappa shape index (κ3) is 4.96. The van der Waals surface area contributed by atoms with Crippen LogP contribution in [0, 0.1) is 0 Å². The lowest BCUT2D eigenvalue weighted by Gasteiger charge is -2.27. The van der Waals surface area contributed by atoms with Gasteiger partial charge in [-0.3, -0.25) is 0 Å². The highest BCUT2D eigenvalue weighted by atomic mass is 32.2. The van der Waals surface area contributed by atoms with E-state index in [-0.39, 0.29) is 10.8 Å². The molecule has 0 fully saturated rings. The fraction of sp³-hybridized carbons (Fsp3) is 1.00. The van der Waals surface area contributed by atoms with Crippen LogP contribution < -0.4 is 4.72 Å².